The minimum Gasteiger partial charge on any atom is -0.481 e. The molecule has 0 bridgehead atoms. The first kappa shape index (κ1) is 23.9. The number of anilines is 1. The van der Waals surface area contributed by atoms with Crippen LogP contribution >= 0.6 is 0 Å². The summed E-state index contributed by atoms with van der Waals surface area (Å²) in [5.41, 5.74) is 2.79. The van der Waals surface area contributed by atoms with Crippen molar-refractivity contribution in [1.29, 1.82) is 0 Å². The van der Waals surface area contributed by atoms with Crippen LogP contribution in [0, 0.1) is 11.6 Å². The highest BCUT2D eigenvalue weighted by Crippen LogP contribution is 2.44. The van der Waals surface area contributed by atoms with E-state index in [9.17, 15) is 23.2 Å². The third-order valence-electron chi connectivity index (χ3n) is 5.89. The summed E-state index contributed by atoms with van der Waals surface area (Å²) < 4.78 is 34.6. The van der Waals surface area contributed by atoms with Gasteiger partial charge in [-0.25, -0.2) is 13.6 Å². The third-order valence-corrected chi connectivity index (χ3v) is 5.89. The minimum atomic E-state index is -1.27. The number of nitrogens with one attached hydrogen (secondary N) is 1. The van der Waals surface area contributed by atoms with Gasteiger partial charge in [0.05, 0.1) is 12.1 Å². The molecule has 0 unspecified atom stereocenters. The van der Waals surface area contributed by atoms with Gasteiger partial charge in [-0.05, 0) is 34.4 Å². The Balaban J connectivity index is 1.47. The van der Waals surface area contributed by atoms with Crippen LogP contribution in [0.3, 0.4) is 0 Å². The number of hydrogen-bond acceptors (Lipinski definition) is 4. The maximum Gasteiger partial charge on any atom is 0.411 e. The highest BCUT2D eigenvalue weighted by Gasteiger charge is 2.29. The summed E-state index contributed by atoms with van der Waals surface area (Å²) in [5.74, 6) is -4.81. The Morgan fingerprint density at radius 2 is 1.57 bits per heavy atom. The number of nitrogens with zero attached hydrogens (tertiary/aromatic N) is 1. The van der Waals surface area contributed by atoms with E-state index in [1.807, 2.05) is 48.5 Å². The van der Waals surface area contributed by atoms with Gasteiger partial charge in [-0.1, -0.05) is 48.5 Å². The monoisotopic (exact) mass is 480 g/mol. The molecule has 1 aliphatic rings. The summed E-state index contributed by atoms with van der Waals surface area (Å²) in [7, 11) is 1.23. The Morgan fingerprint density at radius 1 is 0.971 bits per heavy atom. The molecule has 9 heteroatoms. The molecule has 0 spiro atoms. The van der Waals surface area contributed by atoms with Gasteiger partial charge in [0.15, 0.2) is 5.82 Å². The maximum atomic E-state index is 15.0. The Labute approximate surface area is 199 Å². The number of halogens is 2. The van der Waals surface area contributed by atoms with Crippen LogP contribution in [0.5, 0.6) is 0 Å². The molecule has 1 aliphatic carbocycles. The van der Waals surface area contributed by atoms with Crippen LogP contribution in [0.15, 0.2) is 60.7 Å². The molecule has 3 aromatic rings. The SMILES string of the molecule is CN(CCC(=O)O)C(=O)c1c(F)ccc(NC(=O)OCC2c3ccccc3-c3ccccc32)c1F. The second-order valence-corrected chi connectivity index (χ2v) is 8.10. The first-order valence-corrected chi connectivity index (χ1v) is 10.8. The molecule has 35 heavy (non-hydrogen) atoms. The summed E-state index contributed by atoms with van der Waals surface area (Å²) >= 11 is 0. The number of aliphatic carboxylic acids is 1. The lowest BCUT2D eigenvalue weighted by atomic mass is 9.98. The van der Waals surface area contributed by atoms with Gasteiger partial charge >= 0.3 is 12.1 Å². The first-order chi connectivity index (χ1) is 16.8. The van der Waals surface area contributed by atoms with Crippen molar-refractivity contribution in [3.8, 4) is 11.1 Å². The molecule has 7 nitrogen and oxygen atoms in total. The number of rotatable bonds is 7. The fraction of sp³-hybridized carbons (Fsp3) is 0.192. The molecule has 0 atom stereocenters. The van der Waals surface area contributed by atoms with E-state index in [-0.39, 0.29) is 25.5 Å². The summed E-state index contributed by atoms with van der Waals surface area (Å²) in [6.45, 7) is -0.247. The van der Waals surface area contributed by atoms with Gasteiger partial charge in [0.1, 0.15) is 18.0 Å². The molecular weight excluding hydrogens is 458 g/mol. The van der Waals surface area contributed by atoms with Gasteiger partial charge in [0, 0.05) is 19.5 Å². The van der Waals surface area contributed by atoms with Crippen LogP contribution < -0.4 is 5.32 Å². The molecule has 0 saturated carbocycles. The lowest BCUT2D eigenvalue weighted by molar-refractivity contribution is -0.137. The molecule has 2 amide bonds. The van der Waals surface area contributed by atoms with Gasteiger partial charge in [-0.2, -0.15) is 0 Å². The molecule has 3 aromatic carbocycles. The topological polar surface area (TPSA) is 95.9 Å². The fourth-order valence-corrected chi connectivity index (χ4v) is 4.15. The predicted octanol–water partition coefficient (Wildman–Crippen LogP) is 4.87. The van der Waals surface area contributed by atoms with Crippen molar-refractivity contribution in [2.45, 2.75) is 12.3 Å². The van der Waals surface area contributed by atoms with E-state index in [2.05, 4.69) is 5.32 Å². The number of carbonyl (C=O) groups is 3. The van der Waals surface area contributed by atoms with E-state index in [4.69, 9.17) is 9.84 Å². The van der Waals surface area contributed by atoms with Gasteiger partial charge in [0.2, 0.25) is 0 Å². The van der Waals surface area contributed by atoms with Crippen LogP contribution in [0.25, 0.3) is 11.1 Å². The van der Waals surface area contributed by atoms with E-state index in [1.165, 1.54) is 7.05 Å². The summed E-state index contributed by atoms with van der Waals surface area (Å²) in [6.07, 6.45) is -1.35. The smallest absolute Gasteiger partial charge is 0.411 e. The van der Waals surface area contributed by atoms with Crippen molar-refractivity contribution < 1.29 is 33.0 Å². The molecule has 4 rings (SSSR count). The Kier molecular flexibility index (Phi) is 6.77. The molecule has 0 fully saturated rings. The van der Waals surface area contributed by atoms with Gasteiger partial charge in [0.25, 0.3) is 5.91 Å². The number of ether oxygens (including phenoxy) is 1. The summed E-state index contributed by atoms with van der Waals surface area (Å²) in [6, 6.07) is 17.4. The highest BCUT2D eigenvalue weighted by atomic mass is 19.1. The number of carbonyl (C=O) groups excluding carboxylic acids is 2. The van der Waals surface area contributed by atoms with Crippen molar-refractivity contribution in [1.82, 2.24) is 4.90 Å². The van der Waals surface area contributed by atoms with Gasteiger partial charge in [-0.15, -0.1) is 0 Å². The molecule has 180 valence electrons. The minimum absolute atomic E-state index is 0.00755. The Hall–Kier alpha value is -4.27. The van der Waals surface area contributed by atoms with E-state index in [0.717, 1.165) is 39.3 Å². The fourth-order valence-electron chi connectivity index (χ4n) is 4.15. The van der Waals surface area contributed by atoms with Crippen LogP contribution in [0.1, 0.15) is 33.8 Å². The zero-order valence-electron chi connectivity index (χ0n) is 18.8. The summed E-state index contributed by atoms with van der Waals surface area (Å²) in [4.78, 5) is 36.6. The van der Waals surface area contributed by atoms with Gasteiger partial charge < -0.3 is 14.7 Å². The largest absolute Gasteiger partial charge is 0.481 e. The predicted molar refractivity (Wildman–Crippen MR) is 124 cm³/mol. The van der Waals surface area contributed by atoms with Crippen molar-refractivity contribution in [3.63, 3.8) is 0 Å². The van der Waals surface area contributed by atoms with Gasteiger partial charge in [-0.3, -0.25) is 14.9 Å². The van der Waals surface area contributed by atoms with Crippen molar-refractivity contribution in [2.24, 2.45) is 0 Å². The zero-order chi connectivity index (χ0) is 25.1. The second-order valence-electron chi connectivity index (χ2n) is 8.10. The molecule has 2 N–H and O–H groups in total. The molecule has 0 saturated heterocycles. The quantitative estimate of drug-likeness (QED) is 0.503. The molecule has 0 radical (unpaired) electrons. The van der Waals surface area contributed by atoms with Crippen LogP contribution in [-0.2, 0) is 9.53 Å². The lowest BCUT2D eigenvalue weighted by Gasteiger charge is -2.18. The second kappa shape index (κ2) is 9.92. The van der Waals surface area contributed by atoms with Crippen LogP contribution in [0.4, 0.5) is 19.3 Å². The molecular formula is C26H22F2N2O5. The Bertz CT molecular complexity index is 1270. The average Bonchev–Trinajstić information content (AvgIpc) is 3.16. The number of carboxylic acids is 1. The van der Waals surface area contributed by atoms with Crippen molar-refractivity contribution in [3.05, 3.63) is 89.0 Å². The molecule has 0 aromatic heterocycles. The van der Waals surface area contributed by atoms with Crippen molar-refractivity contribution >= 4 is 23.7 Å². The Morgan fingerprint density at radius 3 is 2.17 bits per heavy atom. The van der Waals surface area contributed by atoms with E-state index < -0.39 is 40.9 Å². The summed E-state index contributed by atoms with van der Waals surface area (Å²) in [5, 5.41) is 11.0. The average molecular weight is 480 g/mol. The number of benzene rings is 3. The lowest BCUT2D eigenvalue weighted by Crippen LogP contribution is -2.31. The van der Waals surface area contributed by atoms with E-state index in [0.29, 0.717) is 0 Å². The molecule has 0 aliphatic heterocycles. The number of fused-ring (bicyclic) bond motifs is 3. The number of amides is 2. The zero-order valence-corrected chi connectivity index (χ0v) is 18.8. The van der Waals surface area contributed by atoms with Crippen LogP contribution in [0.2, 0.25) is 0 Å². The van der Waals surface area contributed by atoms with E-state index in [1.54, 1.807) is 0 Å². The third kappa shape index (κ3) is 4.84. The van der Waals surface area contributed by atoms with E-state index >= 15 is 0 Å². The highest BCUT2D eigenvalue weighted by molar-refractivity contribution is 5.97. The standard InChI is InChI=1S/C26H22F2N2O5/c1-30(13-12-22(31)32)25(33)23-20(27)10-11-21(24(23)28)29-26(34)35-14-19-17-8-4-2-6-15(17)16-7-3-5-9-18(16)19/h2-11,19H,12-14H2,1H3,(H,29,34)(H,31,32). The number of carboxylic acid groups (broad SMARTS) is 1. The first-order valence-electron chi connectivity index (χ1n) is 10.8. The van der Waals surface area contributed by atoms with Crippen molar-refractivity contribution in [2.75, 3.05) is 25.5 Å². The van der Waals surface area contributed by atoms with Crippen LogP contribution in [-0.4, -0.2) is 48.2 Å². The molecule has 0 heterocycles. The number of hydrogen-bond donors (Lipinski definition) is 2. The normalized spacial score (nSPS) is 12.0. The maximum absolute atomic E-state index is 15.0.